The van der Waals surface area contributed by atoms with Crippen molar-refractivity contribution in [2.75, 3.05) is 13.7 Å². The highest BCUT2D eigenvalue weighted by molar-refractivity contribution is 5.95. The van der Waals surface area contributed by atoms with E-state index in [1.54, 1.807) is 24.0 Å². The van der Waals surface area contributed by atoms with Crippen molar-refractivity contribution in [3.8, 4) is 0 Å². The number of nitro groups is 1. The summed E-state index contributed by atoms with van der Waals surface area (Å²) >= 11 is 0. The maximum absolute atomic E-state index is 13.0. The number of benzene rings is 1. The molecule has 0 aliphatic heterocycles. The smallest absolute Gasteiger partial charge is 0.307 e. The van der Waals surface area contributed by atoms with E-state index in [2.05, 4.69) is 4.74 Å². The SMILES string of the molecule is COC(=O)CCN(C(=O)c1ccc(C)c([N+](=O)[O-])c1)C1CCCCC1. The second kappa shape index (κ2) is 8.60. The van der Waals surface area contributed by atoms with E-state index in [9.17, 15) is 19.7 Å². The Balaban J connectivity index is 2.25. The van der Waals surface area contributed by atoms with E-state index in [1.807, 2.05) is 0 Å². The van der Waals surface area contributed by atoms with Crippen molar-refractivity contribution in [2.45, 2.75) is 51.5 Å². The molecule has 25 heavy (non-hydrogen) atoms. The van der Waals surface area contributed by atoms with Crippen LogP contribution in [0.25, 0.3) is 0 Å². The van der Waals surface area contributed by atoms with Crippen molar-refractivity contribution < 1.29 is 19.2 Å². The topological polar surface area (TPSA) is 89.8 Å². The summed E-state index contributed by atoms with van der Waals surface area (Å²) in [5, 5.41) is 11.1. The summed E-state index contributed by atoms with van der Waals surface area (Å²) in [4.78, 5) is 36.8. The van der Waals surface area contributed by atoms with Crippen molar-refractivity contribution in [3.05, 3.63) is 39.4 Å². The molecule has 0 saturated heterocycles. The Morgan fingerprint density at radius 1 is 1.28 bits per heavy atom. The third kappa shape index (κ3) is 4.78. The van der Waals surface area contributed by atoms with Crippen molar-refractivity contribution in [1.82, 2.24) is 4.90 Å². The maximum Gasteiger partial charge on any atom is 0.307 e. The zero-order valence-electron chi connectivity index (χ0n) is 14.7. The molecular formula is C18H24N2O5. The van der Waals surface area contributed by atoms with Crippen LogP contribution in [0.2, 0.25) is 0 Å². The molecular weight excluding hydrogens is 324 g/mol. The standard InChI is InChI=1S/C18H24N2O5/c1-13-8-9-14(12-16(13)20(23)24)18(22)19(11-10-17(21)25-2)15-6-4-3-5-7-15/h8-9,12,15H,3-7,10-11H2,1-2H3. The lowest BCUT2D eigenvalue weighted by Crippen LogP contribution is -2.42. The molecule has 0 atom stereocenters. The van der Waals surface area contributed by atoms with E-state index in [1.165, 1.54) is 13.2 Å². The number of esters is 1. The molecule has 1 aromatic rings. The van der Waals surface area contributed by atoms with Gasteiger partial charge in [0.2, 0.25) is 0 Å². The molecule has 0 radical (unpaired) electrons. The number of hydrogen-bond acceptors (Lipinski definition) is 5. The molecule has 0 N–H and O–H groups in total. The maximum atomic E-state index is 13.0. The van der Waals surface area contributed by atoms with Gasteiger partial charge < -0.3 is 9.64 Å². The Labute approximate surface area is 147 Å². The zero-order chi connectivity index (χ0) is 18.4. The second-order valence-corrected chi connectivity index (χ2v) is 6.37. The number of methoxy groups -OCH3 is 1. The first kappa shape index (κ1) is 18.9. The Morgan fingerprint density at radius 3 is 2.56 bits per heavy atom. The van der Waals surface area contributed by atoms with E-state index < -0.39 is 4.92 Å². The Hall–Kier alpha value is -2.44. The van der Waals surface area contributed by atoms with Gasteiger partial charge in [-0.2, -0.15) is 0 Å². The fourth-order valence-electron chi connectivity index (χ4n) is 3.26. The molecule has 7 nitrogen and oxygen atoms in total. The minimum atomic E-state index is -0.481. The largest absolute Gasteiger partial charge is 0.469 e. The second-order valence-electron chi connectivity index (χ2n) is 6.37. The van der Waals surface area contributed by atoms with Crippen LogP contribution in [0, 0.1) is 17.0 Å². The van der Waals surface area contributed by atoms with Crippen LogP contribution in [0.15, 0.2) is 18.2 Å². The molecule has 7 heteroatoms. The molecule has 0 spiro atoms. The van der Waals surface area contributed by atoms with E-state index in [0.29, 0.717) is 5.56 Å². The number of nitro benzene ring substituents is 1. The van der Waals surface area contributed by atoms with Gasteiger partial charge in [-0.15, -0.1) is 0 Å². The van der Waals surface area contributed by atoms with E-state index in [4.69, 9.17) is 0 Å². The molecule has 0 heterocycles. The molecule has 1 fully saturated rings. The van der Waals surface area contributed by atoms with Gasteiger partial charge in [-0.1, -0.05) is 25.3 Å². The lowest BCUT2D eigenvalue weighted by molar-refractivity contribution is -0.385. The van der Waals surface area contributed by atoms with Crippen LogP contribution < -0.4 is 0 Å². The molecule has 1 saturated carbocycles. The summed E-state index contributed by atoms with van der Waals surface area (Å²) in [5.41, 5.74) is 0.732. The Kier molecular flexibility index (Phi) is 6.50. The van der Waals surface area contributed by atoms with Gasteiger partial charge >= 0.3 is 5.97 Å². The third-order valence-corrected chi connectivity index (χ3v) is 4.71. The first-order valence-corrected chi connectivity index (χ1v) is 8.57. The number of rotatable bonds is 6. The molecule has 136 valence electrons. The Morgan fingerprint density at radius 2 is 1.96 bits per heavy atom. The quantitative estimate of drug-likeness (QED) is 0.447. The average Bonchev–Trinajstić information content (AvgIpc) is 2.62. The van der Waals surface area contributed by atoms with Crippen LogP contribution in [0.1, 0.15) is 54.4 Å². The predicted octanol–water partition coefficient (Wildman–Crippen LogP) is 3.24. The molecule has 2 rings (SSSR count). The van der Waals surface area contributed by atoms with Gasteiger partial charge in [-0.05, 0) is 25.8 Å². The molecule has 1 aliphatic rings. The molecule has 0 unspecified atom stereocenters. The number of aryl methyl sites for hydroxylation is 1. The number of amides is 1. The summed E-state index contributed by atoms with van der Waals surface area (Å²) < 4.78 is 4.67. The van der Waals surface area contributed by atoms with E-state index >= 15 is 0 Å². The summed E-state index contributed by atoms with van der Waals surface area (Å²) in [7, 11) is 1.32. The Bertz CT molecular complexity index is 653. The third-order valence-electron chi connectivity index (χ3n) is 4.71. The van der Waals surface area contributed by atoms with Gasteiger partial charge in [0.15, 0.2) is 0 Å². The van der Waals surface area contributed by atoms with Gasteiger partial charge in [0.1, 0.15) is 0 Å². The highest BCUT2D eigenvalue weighted by Crippen LogP contribution is 2.26. The summed E-state index contributed by atoms with van der Waals surface area (Å²) in [6.45, 7) is 1.90. The molecule has 1 aliphatic carbocycles. The first-order valence-electron chi connectivity index (χ1n) is 8.57. The summed E-state index contributed by atoms with van der Waals surface area (Å²) in [6, 6.07) is 4.58. The normalized spacial score (nSPS) is 14.8. The number of carbonyl (C=O) groups is 2. The van der Waals surface area contributed by atoms with Crippen LogP contribution in [0.3, 0.4) is 0 Å². The van der Waals surface area contributed by atoms with Gasteiger partial charge in [-0.25, -0.2) is 0 Å². The molecule has 0 aromatic heterocycles. The van der Waals surface area contributed by atoms with Crippen LogP contribution in [0.4, 0.5) is 5.69 Å². The molecule has 1 aromatic carbocycles. The van der Waals surface area contributed by atoms with Crippen molar-refractivity contribution in [1.29, 1.82) is 0 Å². The number of hydrogen-bond donors (Lipinski definition) is 0. The minimum Gasteiger partial charge on any atom is -0.469 e. The molecule has 0 bridgehead atoms. The van der Waals surface area contributed by atoms with Gasteiger partial charge in [-0.3, -0.25) is 19.7 Å². The van der Waals surface area contributed by atoms with E-state index in [-0.39, 0.29) is 42.1 Å². The van der Waals surface area contributed by atoms with Crippen LogP contribution in [-0.4, -0.2) is 41.4 Å². The fourth-order valence-corrected chi connectivity index (χ4v) is 3.26. The zero-order valence-corrected chi connectivity index (χ0v) is 14.7. The number of carbonyl (C=O) groups excluding carboxylic acids is 2. The van der Waals surface area contributed by atoms with Gasteiger partial charge in [0, 0.05) is 29.8 Å². The average molecular weight is 348 g/mol. The minimum absolute atomic E-state index is 0.0614. The van der Waals surface area contributed by atoms with Gasteiger partial charge in [0.25, 0.3) is 11.6 Å². The predicted molar refractivity (Wildman–Crippen MR) is 92.4 cm³/mol. The van der Waals surface area contributed by atoms with Crippen LogP contribution >= 0.6 is 0 Å². The first-order chi connectivity index (χ1) is 11.9. The van der Waals surface area contributed by atoms with Gasteiger partial charge in [0.05, 0.1) is 18.5 Å². The molecule has 1 amide bonds. The van der Waals surface area contributed by atoms with Crippen LogP contribution in [-0.2, 0) is 9.53 Å². The van der Waals surface area contributed by atoms with Crippen LogP contribution in [0.5, 0.6) is 0 Å². The van der Waals surface area contributed by atoms with E-state index in [0.717, 1.165) is 32.1 Å². The van der Waals surface area contributed by atoms with Crippen molar-refractivity contribution in [3.63, 3.8) is 0 Å². The van der Waals surface area contributed by atoms with Crippen molar-refractivity contribution in [2.24, 2.45) is 0 Å². The van der Waals surface area contributed by atoms with Crippen molar-refractivity contribution >= 4 is 17.6 Å². The summed E-state index contributed by atoms with van der Waals surface area (Å²) in [6.07, 6.45) is 5.13. The monoisotopic (exact) mass is 348 g/mol. The summed E-state index contributed by atoms with van der Waals surface area (Å²) in [5.74, 6) is -0.637. The highest BCUT2D eigenvalue weighted by atomic mass is 16.6. The number of nitrogens with zero attached hydrogens (tertiary/aromatic N) is 2. The highest BCUT2D eigenvalue weighted by Gasteiger charge is 2.28. The fraction of sp³-hybridized carbons (Fsp3) is 0.556. The number of ether oxygens (including phenoxy) is 1. The lowest BCUT2D eigenvalue weighted by atomic mass is 9.93. The lowest BCUT2D eigenvalue weighted by Gasteiger charge is -2.34.